The summed E-state index contributed by atoms with van der Waals surface area (Å²) in [7, 11) is 1.98. The van der Waals surface area contributed by atoms with Crippen LogP contribution in [0.3, 0.4) is 0 Å². The number of aryl methyl sites for hydroxylation is 1. The molecule has 2 fully saturated rings. The summed E-state index contributed by atoms with van der Waals surface area (Å²) in [6.07, 6.45) is 4.45. The third-order valence-electron chi connectivity index (χ3n) is 6.45. The van der Waals surface area contributed by atoms with Crippen LogP contribution in [0.2, 0.25) is 0 Å². The fraction of sp³-hybridized carbons (Fsp3) is 0.391. The Hall–Kier alpha value is -2.71. The molecule has 1 unspecified atom stereocenters. The molecule has 0 radical (unpaired) electrons. The number of benzene rings is 1. The van der Waals surface area contributed by atoms with E-state index < -0.39 is 0 Å². The van der Waals surface area contributed by atoms with Crippen molar-refractivity contribution in [3.63, 3.8) is 0 Å². The first-order valence-corrected chi connectivity index (χ1v) is 11.6. The zero-order chi connectivity index (χ0) is 20.9. The lowest BCUT2D eigenvalue weighted by Crippen LogP contribution is -2.36. The first-order valence-electron chi connectivity index (χ1n) is 10.7. The summed E-state index contributed by atoms with van der Waals surface area (Å²) in [5.41, 5.74) is 4.30. The van der Waals surface area contributed by atoms with E-state index in [1.807, 2.05) is 11.6 Å². The van der Waals surface area contributed by atoms with E-state index in [9.17, 15) is 4.39 Å². The largest absolute Gasteiger partial charge is 0.378 e. The highest BCUT2D eigenvalue weighted by Gasteiger charge is 2.27. The van der Waals surface area contributed by atoms with Gasteiger partial charge in [0.05, 0.1) is 29.6 Å². The van der Waals surface area contributed by atoms with Crippen LogP contribution in [-0.4, -0.2) is 53.9 Å². The second-order valence-electron chi connectivity index (χ2n) is 8.40. The molecule has 5 heterocycles. The third kappa shape index (κ3) is 3.34. The van der Waals surface area contributed by atoms with Crippen molar-refractivity contribution in [3.8, 4) is 0 Å². The smallest absolute Gasteiger partial charge is 0.186 e. The van der Waals surface area contributed by atoms with E-state index in [2.05, 4.69) is 39.2 Å². The van der Waals surface area contributed by atoms with Gasteiger partial charge in [-0.25, -0.2) is 14.4 Å². The number of ether oxygens (including phenoxy) is 1. The molecular formula is C23H24FN5OS. The topological polar surface area (TPSA) is 46.4 Å². The average molecular weight is 438 g/mol. The van der Waals surface area contributed by atoms with Crippen LogP contribution in [0.1, 0.15) is 17.9 Å². The average Bonchev–Trinajstić information content (AvgIpc) is 3.51. The van der Waals surface area contributed by atoms with Crippen LogP contribution in [0, 0.1) is 5.82 Å². The van der Waals surface area contributed by atoms with E-state index in [-0.39, 0.29) is 5.82 Å². The summed E-state index contributed by atoms with van der Waals surface area (Å²) < 4.78 is 22.5. The maximum Gasteiger partial charge on any atom is 0.186 e. The third-order valence-corrected chi connectivity index (χ3v) is 7.54. The Labute approximate surface area is 183 Å². The first kappa shape index (κ1) is 19.0. The molecular weight excluding hydrogens is 413 g/mol. The van der Waals surface area contributed by atoms with Crippen molar-refractivity contribution in [2.45, 2.75) is 12.3 Å². The summed E-state index contributed by atoms with van der Waals surface area (Å²) in [5.74, 6) is 0.0854. The molecule has 0 bridgehead atoms. The van der Waals surface area contributed by atoms with E-state index in [4.69, 9.17) is 9.72 Å². The number of aromatic nitrogens is 3. The Bertz CT molecular complexity index is 1260. The van der Waals surface area contributed by atoms with Crippen molar-refractivity contribution in [1.82, 2.24) is 14.5 Å². The van der Waals surface area contributed by atoms with Crippen molar-refractivity contribution in [2.24, 2.45) is 7.05 Å². The summed E-state index contributed by atoms with van der Waals surface area (Å²) >= 11 is 1.75. The second kappa shape index (κ2) is 7.46. The van der Waals surface area contributed by atoms with Crippen LogP contribution in [0.5, 0.6) is 0 Å². The lowest BCUT2D eigenvalue weighted by molar-refractivity contribution is 0.122. The fourth-order valence-corrected chi connectivity index (χ4v) is 5.83. The Morgan fingerprint density at radius 1 is 1.13 bits per heavy atom. The molecule has 8 heteroatoms. The summed E-state index contributed by atoms with van der Waals surface area (Å²) in [4.78, 5) is 13.9. The lowest BCUT2D eigenvalue weighted by atomic mass is 9.99. The Kier molecular flexibility index (Phi) is 4.57. The van der Waals surface area contributed by atoms with Crippen molar-refractivity contribution in [2.75, 3.05) is 49.2 Å². The minimum Gasteiger partial charge on any atom is -0.378 e. The van der Waals surface area contributed by atoms with Gasteiger partial charge in [0.15, 0.2) is 5.13 Å². The van der Waals surface area contributed by atoms with Crippen molar-refractivity contribution in [3.05, 3.63) is 48.0 Å². The predicted octanol–water partition coefficient (Wildman–Crippen LogP) is 4.15. The Balaban J connectivity index is 1.26. The number of pyridine rings is 1. The SMILES string of the molecule is Cn1cc(C2CCN(c3ccc4sc(N5CCOCC5)nc4c3)C2)c2cc(F)cnc21. The highest BCUT2D eigenvalue weighted by Crippen LogP contribution is 2.37. The zero-order valence-electron chi connectivity index (χ0n) is 17.4. The normalized spacial score (nSPS) is 19.7. The van der Waals surface area contributed by atoms with Gasteiger partial charge in [0.2, 0.25) is 0 Å². The molecule has 0 aliphatic carbocycles. The summed E-state index contributed by atoms with van der Waals surface area (Å²) in [6.45, 7) is 5.24. The van der Waals surface area contributed by atoms with Crippen LogP contribution in [0.15, 0.2) is 36.7 Å². The van der Waals surface area contributed by atoms with Crippen LogP contribution >= 0.6 is 11.3 Å². The minimum absolute atomic E-state index is 0.278. The zero-order valence-corrected chi connectivity index (χ0v) is 18.2. The van der Waals surface area contributed by atoms with Gasteiger partial charge < -0.3 is 19.1 Å². The molecule has 1 atom stereocenters. The molecule has 0 amide bonds. The summed E-state index contributed by atoms with van der Waals surface area (Å²) in [5, 5.41) is 2.01. The number of hydrogen-bond donors (Lipinski definition) is 0. The molecule has 2 saturated heterocycles. The van der Waals surface area contributed by atoms with Gasteiger partial charge in [-0.1, -0.05) is 11.3 Å². The van der Waals surface area contributed by atoms with Gasteiger partial charge in [0.1, 0.15) is 11.5 Å². The monoisotopic (exact) mass is 437 g/mol. The molecule has 0 saturated carbocycles. The number of hydrogen-bond acceptors (Lipinski definition) is 6. The second-order valence-corrected chi connectivity index (χ2v) is 9.41. The number of rotatable bonds is 3. The standard InChI is InChI=1S/C23H24FN5OS/c1-27-14-19(18-10-16(24)12-25-22(18)27)15-4-5-29(13-15)17-2-3-21-20(11-17)26-23(31-21)28-6-8-30-9-7-28/h2-3,10-12,14-15H,4-9,13H2,1H3. The molecule has 2 aliphatic rings. The Morgan fingerprint density at radius 2 is 2.00 bits per heavy atom. The van der Waals surface area contributed by atoms with E-state index in [1.54, 1.807) is 17.4 Å². The van der Waals surface area contributed by atoms with E-state index in [1.165, 1.54) is 22.1 Å². The fourth-order valence-electron chi connectivity index (χ4n) is 4.83. The van der Waals surface area contributed by atoms with Crippen LogP contribution in [0.25, 0.3) is 21.3 Å². The molecule has 0 N–H and O–H groups in total. The Morgan fingerprint density at radius 3 is 2.87 bits per heavy atom. The summed E-state index contributed by atoms with van der Waals surface area (Å²) in [6, 6.07) is 8.23. The minimum atomic E-state index is -0.278. The molecule has 6 nitrogen and oxygen atoms in total. The van der Waals surface area contributed by atoms with Gasteiger partial charge in [0.25, 0.3) is 0 Å². The number of morpholine rings is 1. The van der Waals surface area contributed by atoms with Crippen molar-refractivity contribution >= 4 is 43.4 Å². The number of halogens is 1. The van der Waals surface area contributed by atoms with Gasteiger partial charge in [-0.15, -0.1) is 0 Å². The predicted molar refractivity (Wildman–Crippen MR) is 123 cm³/mol. The lowest BCUT2D eigenvalue weighted by Gasteiger charge is -2.25. The van der Waals surface area contributed by atoms with E-state index >= 15 is 0 Å². The first-order chi connectivity index (χ1) is 15.2. The number of thiazole rings is 1. The molecule has 0 spiro atoms. The van der Waals surface area contributed by atoms with Crippen LogP contribution in [-0.2, 0) is 11.8 Å². The molecule has 2 aliphatic heterocycles. The van der Waals surface area contributed by atoms with Gasteiger partial charge >= 0.3 is 0 Å². The molecule has 160 valence electrons. The van der Waals surface area contributed by atoms with Crippen LogP contribution in [0.4, 0.5) is 15.2 Å². The van der Waals surface area contributed by atoms with Crippen molar-refractivity contribution in [1.29, 1.82) is 0 Å². The maximum absolute atomic E-state index is 13.8. The highest BCUT2D eigenvalue weighted by molar-refractivity contribution is 7.22. The highest BCUT2D eigenvalue weighted by atomic mass is 32.1. The van der Waals surface area contributed by atoms with E-state index in [0.29, 0.717) is 5.92 Å². The molecule has 31 heavy (non-hydrogen) atoms. The van der Waals surface area contributed by atoms with Crippen molar-refractivity contribution < 1.29 is 9.13 Å². The van der Waals surface area contributed by atoms with Gasteiger partial charge in [-0.3, -0.25) is 0 Å². The molecule has 1 aromatic carbocycles. The maximum atomic E-state index is 13.8. The number of fused-ring (bicyclic) bond motifs is 2. The van der Waals surface area contributed by atoms with Crippen LogP contribution < -0.4 is 9.80 Å². The molecule has 3 aromatic heterocycles. The number of nitrogens with zero attached hydrogens (tertiary/aromatic N) is 5. The van der Waals surface area contributed by atoms with E-state index in [0.717, 1.165) is 67.5 Å². The molecule has 6 rings (SSSR count). The quantitative estimate of drug-likeness (QED) is 0.482. The van der Waals surface area contributed by atoms with Gasteiger partial charge in [-0.2, -0.15) is 0 Å². The number of anilines is 2. The van der Waals surface area contributed by atoms with Gasteiger partial charge in [-0.05, 0) is 36.2 Å². The molecule has 4 aromatic rings. The van der Waals surface area contributed by atoms with Gasteiger partial charge in [0, 0.05) is 56.4 Å².